The van der Waals surface area contributed by atoms with Crippen molar-refractivity contribution in [1.82, 2.24) is 10.5 Å². The SMILES string of the molecule is COc1ccc(CC(=O)NC(C)(C)c2c(C)noc2C)c(C)c1. The number of nitrogens with zero attached hydrogens (tertiary/aromatic N) is 1. The lowest BCUT2D eigenvalue weighted by Crippen LogP contribution is -2.42. The summed E-state index contributed by atoms with van der Waals surface area (Å²) in [5.74, 6) is 1.49. The molecule has 1 N–H and O–H groups in total. The number of nitrogens with one attached hydrogen (secondary N) is 1. The molecule has 0 unspecified atom stereocenters. The van der Waals surface area contributed by atoms with Crippen LogP contribution in [0.25, 0.3) is 0 Å². The maximum atomic E-state index is 12.5. The fourth-order valence-electron chi connectivity index (χ4n) is 3.00. The highest BCUT2D eigenvalue weighted by Gasteiger charge is 2.29. The van der Waals surface area contributed by atoms with Gasteiger partial charge in [-0.15, -0.1) is 0 Å². The van der Waals surface area contributed by atoms with Crippen LogP contribution in [0.5, 0.6) is 5.75 Å². The van der Waals surface area contributed by atoms with Crippen LogP contribution in [0.1, 0.15) is 42.0 Å². The Morgan fingerprint density at radius 2 is 2.00 bits per heavy atom. The second-order valence-corrected chi connectivity index (χ2v) is 6.34. The molecule has 5 heteroatoms. The average Bonchev–Trinajstić information content (AvgIpc) is 2.80. The molecule has 0 saturated carbocycles. The first-order valence-electron chi connectivity index (χ1n) is 7.62. The van der Waals surface area contributed by atoms with Gasteiger partial charge in [-0.2, -0.15) is 0 Å². The molecule has 0 aliphatic heterocycles. The highest BCUT2D eigenvalue weighted by molar-refractivity contribution is 5.80. The van der Waals surface area contributed by atoms with E-state index in [1.807, 2.05) is 52.8 Å². The molecule has 1 aromatic heterocycles. The summed E-state index contributed by atoms with van der Waals surface area (Å²) in [6, 6.07) is 5.73. The number of rotatable bonds is 5. The normalized spacial score (nSPS) is 11.4. The van der Waals surface area contributed by atoms with Gasteiger partial charge in [-0.25, -0.2) is 0 Å². The van der Waals surface area contributed by atoms with E-state index in [4.69, 9.17) is 9.26 Å². The highest BCUT2D eigenvalue weighted by atomic mass is 16.5. The van der Waals surface area contributed by atoms with Crippen LogP contribution in [0.15, 0.2) is 22.7 Å². The third-order valence-electron chi connectivity index (χ3n) is 4.01. The monoisotopic (exact) mass is 316 g/mol. The number of ether oxygens (including phenoxy) is 1. The van der Waals surface area contributed by atoms with Crippen molar-refractivity contribution in [2.75, 3.05) is 7.11 Å². The van der Waals surface area contributed by atoms with Gasteiger partial charge in [-0.05, 0) is 57.9 Å². The Labute approximate surface area is 137 Å². The van der Waals surface area contributed by atoms with Crippen molar-refractivity contribution in [2.24, 2.45) is 0 Å². The summed E-state index contributed by atoms with van der Waals surface area (Å²) in [4.78, 5) is 12.5. The van der Waals surface area contributed by atoms with Crippen molar-refractivity contribution in [2.45, 2.75) is 46.6 Å². The van der Waals surface area contributed by atoms with E-state index < -0.39 is 5.54 Å². The standard InChI is InChI=1S/C18H24N2O3/c1-11-9-15(22-6)8-7-14(11)10-16(21)19-18(4,5)17-12(2)20-23-13(17)3/h7-9H,10H2,1-6H3,(H,19,21). The molecule has 124 valence electrons. The Hall–Kier alpha value is -2.30. The molecule has 0 aliphatic rings. The molecule has 0 bridgehead atoms. The molecule has 23 heavy (non-hydrogen) atoms. The van der Waals surface area contributed by atoms with Crippen LogP contribution < -0.4 is 10.1 Å². The first kappa shape index (κ1) is 17.1. The van der Waals surface area contributed by atoms with Crippen LogP contribution >= 0.6 is 0 Å². The molecular formula is C18H24N2O3. The second kappa shape index (κ2) is 6.44. The van der Waals surface area contributed by atoms with Crippen LogP contribution in [0.2, 0.25) is 0 Å². The summed E-state index contributed by atoms with van der Waals surface area (Å²) in [6.45, 7) is 9.63. The number of hydrogen-bond donors (Lipinski definition) is 1. The van der Waals surface area contributed by atoms with Crippen molar-refractivity contribution >= 4 is 5.91 Å². The Bertz CT molecular complexity index is 698. The van der Waals surface area contributed by atoms with Gasteiger partial charge in [0.15, 0.2) is 0 Å². The average molecular weight is 316 g/mol. The minimum absolute atomic E-state index is 0.0386. The molecule has 2 aromatic rings. The number of aryl methyl sites for hydroxylation is 3. The summed E-state index contributed by atoms with van der Waals surface area (Å²) in [6.07, 6.45) is 0.322. The Balaban J connectivity index is 2.13. The minimum atomic E-state index is -0.536. The van der Waals surface area contributed by atoms with Gasteiger partial charge in [0.25, 0.3) is 0 Å². The van der Waals surface area contributed by atoms with Crippen LogP contribution in [0.3, 0.4) is 0 Å². The summed E-state index contributed by atoms with van der Waals surface area (Å²) >= 11 is 0. The largest absolute Gasteiger partial charge is 0.497 e. The lowest BCUT2D eigenvalue weighted by atomic mass is 9.92. The predicted octanol–water partition coefficient (Wildman–Crippen LogP) is 3.20. The van der Waals surface area contributed by atoms with Gasteiger partial charge in [0.05, 0.1) is 24.8 Å². The first-order chi connectivity index (χ1) is 10.7. The molecule has 0 radical (unpaired) electrons. The van der Waals surface area contributed by atoms with Gasteiger partial charge in [-0.1, -0.05) is 11.2 Å². The van der Waals surface area contributed by atoms with Gasteiger partial charge in [0.2, 0.25) is 5.91 Å². The third kappa shape index (κ3) is 3.73. The zero-order valence-electron chi connectivity index (χ0n) is 14.6. The number of carbonyl (C=O) groups excluding carboxylic acids is 1. The lowest BCUT2D eigenvalue weighted by Gasteiger charge is -2.26. The topological polar surface area (TPSA) is 64.4 Å². The van der Waals surface area contributed by atoms with Crippen LogP contribution in [-0.2, 0) is 16.8 Å². The van der Waals surface area contributed by atoms with Crippen molar-refractivity contribution in [3.63, 3.8) is 0 Å². The second-order valence-electron chi connectivity index (χ2n) is 6.34. The zero-order chi connectivity index (χ0) is 17.2. The van der Waals surface area contributed by atoms with E-state index >= 15 is 0 Å². The molecule has 1 heterocycles. The summed E-state index contributed by atoms with van der Waals surface area (Å²) < 4.78 is 10.4. The molecule has 5 nitrogen and oxygen atoms in total. The van der Waals surface area contributed by atoms with Crippen molar-refractivity contribution in [3.05, 3.63) is 46.3 Å². The van der Waals surface area contributed by atoms with E-state index in [1.54, 1.807) is 7.11 Å². The summed E-state index contributed by atoms with van der Waals surface area (Å²) in [7, 11) is 1.63. The third-order valence-corrected chi connectivity index (χ3v) is 4.01. The van der Waals surface area contributed by atoms with Crippen LogP contribution in [0.4, 0.5) is 0 Å². The van der Waals surface area contributed by atoms with Gasteiger partial charge < -0.3 is 14.6 Å². The van der Waals surface area contributed by atoms with Crippen molar-refractivity contribution < 1.29 is 14.1 Å². The number of carbonyl (C=O) groups is 1. The minimum Gasteiger partial charge on any atom is -0.497 e. The Morgan fingerprint density at radius 1 is 1.30 bits per heavy atom. The van der Waals surface area contributed by atoms with Gasteiger partial charge in [0, 0.05) is 5.56 Å². The molecule has 0 atom stereocenters. The van der Waals surface area contributed by atoms with Gasteiger partial charge >= 0.3 is 0 Å². The first-order valence-corrected chi connectivity index (χ1v) is 7.62. The van der Waals surface area contributed by atoms with Crippen molar-refractivity contribution in [3.8, 4) is 5.75 Å². The zero-order valence-corrected chi connectivity index (χ0v) is 14.6. The molecule has 1 aromatic carbocycles. The fraction of sp³-hybridized carbons (Fsp3) is 0.444. The number of methoxy groups -OCH3 is 1. The number of aromatic nitrogens is 1. The lowest BCUT2D eigenvalue weighted by molar-refractivity contribution is -0.122. The summed E-state index contributed by atoms with van der Waals surface area (Å²) in [5, 5.41) is 7.04. The predicted molar refractivity (Wildman–Crippen MR) is 88.6 cm³/mol. The van der Waals surface area contributed by atoms with Gasteiger partial charge in [0.1, 0.15) is 11.5 Å². The molecule has 2 rings (SSSR count). The Kier molecular flexibility index (Phi) is 4.78. The fourth-order valence-corrected chi connectivity index (χ4v) is 3.00. The van der Waals surface area contributed by atoms with E-state index in [0.717, 1.165) is 33.9 Å². The van der Waals surface area contributed by atoms with E-state index in [1.165, 1.54) is 0 Å². The van der Waals surface area contributed by atoms with Crippen LogP contribution in [-0.4, -0.2) is 18.2 Å². The van der Waals surface area contributed by atoms with E-state index in [2.05, 4.69) is 10.5 Å². The summed E-state index contributed by atoms with van der Waals surface area (Å²) in [5.41, 5.74) is 3.21. The Morgan fingerprint density at radius 3 is 2.52 bits per heavy atom. The van der Waals surface area contributed by atoms with Crippen LogP contribution in [0, 0.1) is 20.8 Å². The van der Waals surface area contributed by atoms with E-state index in [9.17, 15) is 4.79 Å². The molecule has 0 fully saturated rings. The van der Waals surface area contributed by atoms with E-state index in [-0.39, 0.29) is 5.91 Å². The number of amides is 1. The van der Waals surface area contributed by atoms with Crippen molar-refractivity contribution in [1.29, 1.82) is 0 Å². The number of benzene rings is 1. The molecule has 1 amide bonds. The maximum Gasteiger partial charge on any atom is 0.225 e. The molecular weight excluding hydrogens is 292 g/mol. The number of hydrogen-bond acceptors (Lipinski definition) is 4. The van der Waals surface area contributed by atoms with E-state index in [0.29, 0.717) is 6.42 Å². The maximum absolute atomic E-state index is 12.5. The smallest absolute Gasteiger partial charge is 0.225 e. The van der Waals surface area contributed by atoms with Gasteiger partial charge in [-0.3, -0.25) is 4.79 Å². The quantitative estimate of drug-likeness (QED) is 0.920. The molecule has 0 saturated heterocycles. The molecule has 0 spiro atoms. The highest BCUT2D eigenvalue weighted by Crippen LogP contribution is 2.27. The molecule has 0 aliphatic carbocycles.